The molecule has 0 amide bonds. The Labute approximate surface area is 125 Å². The van der Waals surface area contributed by atoms with E-state index >= 15 is 0 Å². The van der Waals surface area contributed by atoms with Gasteiger partial charge in [-0.15, -0.1) is 0 Å². The average Bonchev–Trinajstić information content (AvgIpc) is 2.81. The molecule has 2 aromatic rings. The Kier molecular flexibility index (Phi) is 4.76. The molecule has 5 nitrogen and oxygen atoms in total. The first-order valence-corrected chi connectivity index (χ1v) is 7.09. The first-order chi connectivity index (χ1) is 9.15. The number of anilines is 1. The Morgan fingerprint density at radius 1 is 1.37 bits per heavy atom. The number of aryl methyl sites for hydroxylation is 1. The number of rotatable bonds is 5. The van der Waals surface area contributed by atoms with Crippen molar-refractivity contribution in [2.45, 2.75) is 20.5 Å². The van der Waals surface area contributed by atoms with Crippen molar-refractivity contribution in [3.63, 3.8) is 0 Å². The van der Waals surface area contributed by atoms with Crippen molar-refractivity contribution in [2.75, 3.05) is 19.0 Å². The lowest BCUT2D eigenvalue weighted by atomic mass is 10.3. The van der Waals surface area contributed by atoms with Crippen molar-refractivity contribution >= 4 is 28.4 Å². The molecule has 1 N–H and O–H groups in total. The maximum absolute atomic E-state index is 5.58. The number of hydrogen-bond donors (Lipinski definition) is 1. The molecule has 2 rings (SSSR count). The summed E-state index contributed by atoms with van der Waals surface area (Å²) in [5.74, 6) is 2.91. The van der Waals surface area contributed by atoms with Gasteiger partial charge in [0.25, 0.3) is 0 Å². The smallest absolute Gasteiger partial charge is 0.198 e. The third kappa shape index (κ3) is 3.24. The predicted octanol–water partition coefficient (Wildman–Crippen LogP) is 3.23. The number of nitrogens with zero attached hydrogens (tertiary/aromatic N) is 2. The van der Waals surface area contributed by atoms with Crippen LogP contribution in [0.1, 0.15) is 18.4 Å². The number of furan rings is 1. The second-order valence-corrected chi connectivity index (χ2v) is 5.11. The van der Waals surface area contributed by atoms with Crippen LogP contribution in [0.5, 0.6) is 0 Å². The topological polar surface area (TPSA) is 60.2 Å². The SMILES string of the molecule is CCNc1nc(-c2ccc(C)o2)nc(COC)c1I. The molecule has 2 aromatic heterocycles. The molecular formula is C13H16IN3O2. The lowest BCUT2D eigenvalue weighted by molar-refractivity contribution is 0.181. The van der Waals surface area contributed by atoms with Gasteiger partial charge in [0.05, 0.1) is 15.9 Å². The van der Waals surface area contributed by atoms with Gasteiger partial charge in [-0.2, -0.15) is 0 Å². The summed E-state index contributed by atoms with van der Waals surface area (Å²) in [4.78, 5) is 9.02. The van der Waals surface area contributed by atoms with E-state index in [2.05, 4.69) is 37.9 Å². The van der Waals surface area contributed by atoms with Gasteiger partial charge in [0.15, 0.2) is 11.6 Å². The summed E-state index contributed by atoms with van der Waals surface area (Å²) < 4.78 is 11.7. The lowest BCUT2D eigenvalue weighted by Crippen LogP contribution is -2.08. The van der Waals surface area contributed by atoms with Crippen LogP contribution in [-0.2, 0) is 11.3 Å². The van der Waals surface area contributed by atoms with E-state index in [1.165, 1.54) is 0 Å². The summed E-state index contributed by atoms with van der Waals surface area (Å²) in [6.45, 7) is 5.18. The molecule has 0 spiro atoms. The lowest BCUT2D eigenvalue weighted by Gasteiger charge is -2.10. The molecule has 0 bridgehead atoms. The zero-order chi connectivity index (χ0) is 13.8. The molecule has 6 heteroatoms. The quantitative estimate of drug-likeness (QED) is 0.816. The summed E-state index contributed by atoms with van der Waals surface area (Å²) in [7, 11) is 1.65. The van der Waals surface area contributed by atoms with Gasteiger partial charge in [-0.05, 0) is 48.6 Å². The van der Waals surface area contributed by atoms with Crippen LogP contribution < -0.4 is 5.32 Å². The minimum absolute atomic E-state index is 0.450. The van der Waals surface area contributed by atoms with Gasteiger partial charge >= 0.3 is 0 Å². The molecule has 0 atom stereocenters. The van der Waals surface area contributed by atoms with E-state index in [0.29, 0.717) is 18.2 Å². The van der Waals surface area contributed by atoms with E-state index < -0.39 is 0 Å². The highest BCUT2D eigenvalue weighted by Gasteiger charge is 2.14. The second kappa shape index (κ2) is 6.33. The molecule has 0 aliphatic rings. The third-order valence-electron chi connectivity index (χ3n) is 2.51. The summed E-state index contributed by atoms with van der Waals surface area (Å²) in [5.41, 5.74) is 0.859. The number of nitrogens with one attached hydrogen (secondary N) is 1. The van der Waals surface area contributed by atoms with Crippen LogP contribution in [0.4, 0.5) is 5.82 Å². The van der Waals surface area contributed by atoms with E-state index in [1.54, 1.807) is 7.11 Å². The number of ether oxygens (including phenoxy) is 1. The molecule has 0 aromatic carbocycles. The molecule has 2 heterocycles. The molecule has 0 radical (unpaired) electrons. The highest BCUT2D eigenvalue weighted by atomic mass is 127. The summed E-state index contributed by atoms with van der Waals surface area (Å²) in [6.07, 6.45) is 0. The van der Waals surface area contributed by atoms with E-state index in [9.17, 15) is 0 Å². The van der Waals surface area contributed by atoms with Crippen LogP contribution in [0, 0.1) is 10.5 Å². The zero-order valence-corrected chi connectivity index (χ0v) is 13.3. The van der Waals surface area contributed by atoms with E-state index in [-0.39, 0.29) is 0 Å². The number of aromatic nitrogens is 2. The van der Waals surface area contributed by atoms with Gasteiger partial charge in [0, 0.05) is 13.7 Å². The van der Waals surface area contributed by atoms with Crippen molar-refractivity contribution in [1.82, 2.24) is 9.97 Å². The molecule has 19 heavy (non-hydrogen) atoms. The first kappa shape index (κ1) is 14.3. The summed E-state index contributed by atoms with van der Waals surface area (Å²) >= 11 is 2.23. The van der Waals surface area contributed by atoms with Crippen LogP contribution in [0.3, 0.4) is 0 Å². The molecule has 0 saturated carbocycles. The largest absolute Gasteiger partial charge is 0.458 e. The highest BCUT2D eigenvalue weighted by Crippen LogP contribution is 2.25. The Morgan fingerprint density at radius 3 is 2.74 bits per heavy atom. The normalized spacial score (nSPS) is 10.7. The van der Waals surface area contributed by atoms with Gasteiger partial charge in [-0.25, -0.2) is 9.97 Å². The number of hydrogen-bond acceptors (Lipinski definition) is 5. The van der Waals surface area contributed by atoms with Crippen molar-refractivity contribution < 1.29 is 9.15 Å². The van der Waals surface area contributed by atoms with Gasteiger partial charge < -0.3 is 14.5 Å². The third-order valence-corrected chi connectivity index (χ3v) is 3.64. The summed E-state index contributed by atoms with van der Waals surface area (Å²) in [6, 6.07) is 3.78. The van der Waals surface area contributed by atoms with Gasteiger partial charge in [0.2, 0.25) is 0 Å². The molecule has 102 valence electrons. The fraction of sp³-hybridized carbons (Fsp3) is 0.385. The zero-order valence-electron chi connectivity index (χ0n) is 11.2. The Morgan fingerprint density at radius 2 is 2.16 bits per heavy atom. The number of methoxy groups -OCH3 is 1. The molecule has 0 unspecified atom stereocenters. The van der Waals surface area contributed by atoms with E-state index in [1.807, 2.05) is 26.0 Å². The Bertz CT molecular complexity index is 542. The predicted molar refractivity (Wildman–Crippen MR) is 82.1 cm³/mol. The van der Waals surface area contributed by atoms with Gasteiger partial charge in [0.1, 0.15) is 11.6 Å². The maximum Gasteiger partial charge on any atom is 0.198 e. The molecule has 0 saturated heterocycles. The van der Waals surface area contributed by atoms with Crippen molar-refractivity contribution in [3.8, 4) is 11.6 Å². The monoisotopic (exact) mass is 373 g/mol. The van der Waals surface area contributed by atoms with Crippen LogP contribution in [0.25, 0.3) is 11.6 Å². The summed E-state index contributed by atoms with van der Waals surface area (Å²) in [5, 5.41) is 3.24. The minimum atomic E-state index is 0.450. The first-order valence-electron chi connectivity index (χ1n) is 6.01. The van der Waals surface area contributed by atoms with Crippen molar-refractivity contribution in [3.05, 3.63) is 27.2 Å². The van der Waals surface area contributed by atoms with Crippen molar-refractivity contribution in [2.24, 2.45) is 0 Å². The molecule has 0 aliphatic heterocycles. The van der Waals surface area contributed by atoms with E-state index in [0.717, 1.165) is 27.4 Å². The molecule has 0 fully saturated rings. The van der Waals surface area contributed by atoms with Crippen LogP contribution in [0.2, 0.25) is 0 Å². The minimum Gasteiger partial charge on any atom is -0.458 e. The van der Waals surface area contributed by atoms with Gasteiger partial charge in [-0.3, -0.25) is 0 Å². The van der Waals surface area contributed by atoms with Crippen LogP contribution >= 0.6 is 22.6 Å². The van der Waals surface area contributed by atoms with Gasteiger partial charge in [-0.1, -0.05) is 0 Å². The van der Waals surface area contributed by atoms with E-state index in [4.69, 9.17) is 9.15 Å². The molecular weight excluding hydrogens is 357 g/mol. The maximum atomic E-state index is 5.58. The fourth-order valence-corrected chi connectivity index (χ4v) is 2.26. The molecule has 0 aliphatic carbocycles. The second-order valence-electron chi connectivity index (χ2n) is 4.03. The average molecular weight is 373 g/mol. The van der Waals surface area contributed by atoms with Crippen molar-refractivity contribution in [1.29, 1.82) is 0 Å². The Hall–Kier alpha value is -1.15. The van der Waals surface area contributed by atoms with Crippen LogP contribution in [-0.4, -0.2) is 23.6 Å². The Balaban J connectivity index is 2.48. The van der Waals surface area contributed by atoms with Crippen LogP contribution in [0.15, 0.2) is 16.5 Å². The highest BCUT2D eigenvalue weighted by molar-refractivity contribution is 14.1. The fourth-order valence-electron chi connectivity index (χ4n) is 1.68. The number of halogens is 1. The standard InChI is InChI=1S/C13H16IN3O2/c1-4-15-13-11(14)9(7-18-3)16-12(17-13)10-6-5-8(2)19-10/h5-6H,4,7H2,1-3H3,(H,15,16,17).